The smallest absolute Gasteiger partial charge is 0.339 e. The summed E-state index contributed by atoms with van der Waals surface area (Å²) in [7, 11) is 0. The first kappa shape index (κ1) is 19.5. The number of hydrogen-bond acceptors (Lipinski definition) is 2. The normalized spacial score (nSPS) is 19.6. The van der Waals surface area contributed by atoms with Gasteiger partial charge in [0, 0.05) is 5.57 Å². The maximum atomic E-state index is 13.5. The first-order valence-corrected chi connectivity index (χ1v) is 11.2. The molecule has 0 fully saturated rings. The second-order valence-corrected chi connectivity index (χ2v) is 8.38. The summed E-state index contributed by atoms with van der Waals surface area (Å²) in [5.74, 6) is -0.292. The molecule has 4 aromatic rings. The van der Waals surface area contributed by atoms with Crippen molar-refractivity contribution in [2.75, 3.05) is 0 Å². The maximum absolute atomic E-state index is 13.5. The van der Waals surface area contributed by atoms with Gasteiger partial charge in [-0.15, -0.1) is 0 Å². The summed E-state index contributed by atoms with van der Waals surface area (Å²) in [5, 5.41) is 0. The van der Waals surface area contributed by atoms with E-state index in [1.165, 1.54) is 5.57 Å². The van der Waals surface area contributed by atoms with Crippen LogP contribution in [-0.2, 0) is 9.53 Å². The molecule has 0 aromatic heterocycles. The van der Waals surface area contributed by atoms with Gasteiger partial charge in [-0.2, -0.15) is 0 Å². The Bertz CT molecular complexity index is 1370. The number of rotatable bonds is 4. The molecule has 0 radical (unpaired) electrons. The van der Waals surface area contributed by atoms with Crippen LogP contribution in [0.3, 0.4) is 0 Å². The Balaban J connectivity index is 1.64. The van der Waals surface area contributed by atoms with Crippen LogP contribution in [0.4, 0.5) is 0 Å². The van der Waals surface area contributed by atoms with Crippen molar-refractivity contribution in [3.63, 3.8) is 0 Å². The molecule has 0 spiro atoms. The molecule has 0 saturated carbocycles. The highest BCUT2D eigenvalue weighted by Gasteiger charge is 2.51. The van der Waals surface area contributed by atoms with Crippen LogP contribution in [0.2, 0.25) is 0 Å². The lowest BCUT2D eigenvalue weighted by Crippen LogP contribution is -2.43. The van der Waals surface area contributed by atoms with E-state index in [-0.39, 0.29) is 18.0 Å². The maximum Gasteiger partial charge on any atom is 0.339 e. The lowest BCUT2D eigenvalue weighted by atomic mass is 9.62. The molecule has 6 rings (SSSR count). The second-order valence-electron chi connectivity index (χ2n) is 8.38. The standard InChI is InChI=1S/C31H22O2/c32-31-28(24-19-11-4-12-20-24)26(22-15-7-2-8-16-22)29-25(21-13-5-1-6-14-21)27(30(29)33-31)23-17-9-3-10-18-23/h1-20,29-30H. The monoisotopic (exact) mass is 426 g/mol. The van der Waals surface area contributed by atoms with E-state index < -0.39 is 0 Å². The predicted molar refractivity (Wildman–Crippen MR) is 133 cm³/mol. The van der Waals surface area contributed by atoms with Gasteiger partial charge in [-0.05, 0) is 33.4 Å². The summed E-state index contributed by atoms with van der Waals surface area (Å²) in [6, 6.07) is 40.9. The quantitative estimate of drug-likeness (QED) is 0.337. The Kier molecular flexibility index (Phi) is 4.77. The lowest BCUT2D eigenvalue weighted by molar-refractivity contribution is -0.141. The average molecular weight is 427 g/mol. The minimum Gasteiger partial charge on any atom is -0.453 e. The van der Waals surface area contributed by atoms with Crippen molar-refractivity contribution in [2.24, 2.45) is 5.92 Å². The van der Waals surface area contributed by atoms with Gasteiger partial charge in [0.25, 0.3) is 0 Å². The highest BCUT2D eigenvalue weighted by atomic mass is 16.5. The molecule has 1 aliphatic heterocycles. The zero-order chi connectivity index (χ0) is 22.2. The second kappa shape index (κ2) is 8.07. The van der Waals surface area contributed by atoms with Crippen molar-refractivity contribution in [3.05, 3.63) is 144 Å². The molecule has 4 aromatic carbocycles. The summed E-state index contributed by atoms with van der Waals surface area (Å²) in [6.45, 7) is 0. The molecular weight excluding hydrogens is 404 g/mol. The molecule has 0 amide bonds. The van der Waals surface area contributed by atoms with Gasteiger partial charge >= 0.3 is 5.97 Å². The average Bonchev–Trinajstić information content (AvgIpc) is 2.87. The van der Waals surface area contributed by atoms with Crippen molar-refractivity contribution in [3.8, 4) is 0 Å². The van der Waals surface area contributed by atoms with Gasteiger partial charge in [-0.3, -0.25) is 0 Å². The molecular formula is C31H22O2. The Morgan fingerprint density at radius 3 is 1.33 bits per heavy atom. The highest BCUT2D eigenvalue weighted by Crippen LogP contribution is 2.58. The third-order valence-electron chi connectivity index (χ3n) is 6.52. The van der Waals surface area contributed by atoms with Crippen LogP contribution in [-0.4, -0.2) is 12.1 Å². The van der Waals surface area contributed by atoms with Gasteiger partial charge in [0.15, 0.2) is 0 Å². The topological polar surface area (TPSA) is 26.3 Å². The van der Waals surface area contributed by atoms with E-state index in [1.54, 1.807) is 0 Å². The van der Waals surface area contributed by atoms with Gasteiger partial charge in [0.2, 0.25) is 0 Å². The van der Waals surface area contributed by atoms with Crippen LogP contribution < -0.4 is 0 Å². The molecule has 0 bridgehead atoms. The zero-order valence-electron chi connectivity index (χ0n) is 18.0. The molecule has 2 nitrogen and oxygen atoms in total. The van der Waals surface area contributed by atoms with E-state index in [0.717, 1.165) is 33.4 Å². The summed E-state index contributed by atoms with van der Waals surface area (Å²) < 4.78 is 6.17. The summed E-state index contributed by atoms with van der Waals surface area (Å²) in [6.07, 6.45) is -0.308. The number of carbonyl (C=O) groups is 1. The Hall–Kier alpha value is -4.17. The lowest BCUT2D eigenvalue weighted by Gasteiger charge is -2.46. The molecule has 0 N–H and O–H groups in total. The molecule has 158 valence electrons. The molecule has 1 heterocycles. The fraction of sp³-hybridized carbons (Fsp3) is 0.0645. The van der Waals surface area contributed by atoms with Crippen molar-refractivity contribution < 1.29 is 9.53 Å². The predicted octanol–water partition coefficient (Wildman–Crippen LogP) is 6.76. The largest absolute Gasteiger partial charge is 0.453 e. The van der Waals surface area contributed by atoms with E-state index in [9.17, 15) is 4.79 Å². The van der Waals surface area contributed by atoms with E-state index in [4.69, 9.17) is 4.74 Å². The van der Waals surface area contributed by atoms with Crippen LogP contribution in [0.5, 0.6) is 0 Å². The third-order valence-corrected chi connectivity index (χ3v) is 6.52. The number of hydrogen-bond donors (Lipinski definition) is 0. The van der Waals surface area contributed by atoms with Crippen molar-refractivity contribution in [2.45, 2.75) is 6.10 Å². The fourth-order valence-corrected chi connectivity index (χ4v) is 5.12. The van der Waals surface area contributed by atoms with Crippen LogP contribution in [0, 0.1) is 5.92 Å². The van der Waals surface area contributed by atoms with E-state index in [1.807, 2.05) is 72.8 Å². The van der Waals surface area contributed by atoms with Gasteiger partial charge < -0.3 is 4.74 Å². The molecule has 0 saturated heterocycles. The third kappa shape index (κ3) is 3.23. The van der Waals surface area contributed by atoms with Crippen LogP contribution in [0.1, 0.15) is 22.3 Å². The highest BCUT2D eigenvalue weighted by molar-refractivity contribution is 6.29. The van der Waals surface area contributed by atoms with Gasteiger partial charge in [0.1, 0.15) is 6.10 Å². The molecule has 2 heteroatoms. The summed E-state index contributed by atoms with van der Waals surface area (Å²) >= 11 is 0. The zero-order valence-corrected chi connectivity index (χ0v) is 18.0. The van der Waals surface area contributed by atoms with Crippen LogP contribution in [0.15, 0.2) is 121 Å². The SMILES string of the molecule is O=C1OC2C(c3ccccc3)=C(c3ccccc3)C2C(c2ccccc2)=C1c1ccccc1. The van der Waals surface area contributed by atoms with Crippen molar-refractivity contribution in [1.82, 2.24) is 0 Å². The minimum absolute atomic E-state index is 0.0297. The fourth-order valence-electron chi connectivity index (χ4n) is 5.12. The van der Waals surface area contributed by atoms with Crippen LogP contribution in [0.25, 0.3) is 22.3 Å². The number of fused-ring (bicyclic) bond motifs is 1. The molecule has 2 atom stereocenters. The number of ether oxygens (including phenoxy) is 1. The van der Waals surface area contributed by atoms with Gasteiger partial charge in [0.05, 0.1) is 11.5 Å². The molecule has 2 unspecified atom stereocenters. The van der Waals surface area contributed by atoms with Crippen molar-refractivity contribution in [1.29, 1.82) is 0 Å². The van der Waals surface area contributed by atoms with E-state index in [2.05, 4.69) is 48.5 Å². The summed E-state index contributed by atoms with van der Waals surface area (Å²) in [5.41, 5.74) is 8.23. The Morgan fingerprint density at radius 2 is 0.848 bits per heavy atom. The number of esters is 1. The molecule has 33 heavy (non-hydrogen) atoms. The first-order valence-electron chi connectivity index (χ1n) is 11.2. The Labute approximate surface area is 193 Å². The Morgan fingerprint density at radius 1 is 0.455 bits per heavy atom. The minimum atomic E-state index is -0.308. The van der Waals surface area contributed by atoms with Crippen molar-refractivity contribution >= 4 is 28.3 Å². The van der Waals surface area contributed by atoms with E-state index >= 15 is 0 Å². The molecule has 1 aliphatic carbocycles. The first-order chi connectivity index (χ1) is 16.3. The number of benzene rings is 4. The summed E-state index contributed by atoms with van der Waals surface area (Å²) in [4.78, 5) is 13.5. The van der Waals surface area contributed by atoms with Crippen LogP contribution >= 0.6 is 0 Å². The van der Waals surface area contributed by atoms with Gasteiger partial charge in [-0.25, -0.2) is 4.79 Å². The number of carbonyl (C=O) groups excluding carboxylic acids is 1. The van der Waals surface area contributed by atoms with Gasteiger partial charge in [-0.1, -0.05) is 121 Å². The van der Waals surface area contributed by atoms with E-state index in [0.29, 0.717) is 5.57 Å². The molecule has 2 aliphatic rings.